The van der Waals surface area contributed by atoms with Gasteiger partial charge in [-0.3, -0.25) is 0 Å². The molecule has 1 saturated heterocycles. The highest BCUT2D eigenvalue weighted by molar-refractivity contribution is 7.91. The molecule has 0 bridgehead atoms. The van der Waals surface area contributed by atoms with Crippen LogP contribution < -0.4 is 0 Å². The van der Waals surface area contributed by atoms with Crippen LogP contribution in [-0.2, 0) is 14.6 Å². The molecule has 5 heteroatoms. The summed E-state index contributed by atoms with van der Waals surface area (Å²) in [6.45, 7) is 0.764. The van der Waals surface area contributed by atoms with Gasteiger partial charge >= 0.3 is 0 Å². The van der Waals surface area contributed by atoms with Crippen LogP contribution in [0.25, 0.3) is 0 Å². The molecule has 90 valence electrons. The minimum Gasteiger partial charge on any atom is -0.396 e. The average molecular weight is 236 g/mol. The number of methoxy groups -OCH3 is 1. The zero-order valence-corrected chi connectivity index (χ0v) is 10.0. The van der Waals surface area contributed by atoms with Gasteiger partial charge in [0, 0.05) is 20.3 Å². The van der Waals surface area contributed by atoms with E-state index in [-0.39, 0.29) is 24.2 Å². The molecule has 15 heavy (non-hydrogen) atoms. The lowest BCUT2D eigenvalue weighted by molar-refractivity contribution is 0.147. The Kier molecular flexibility index (Phi) is 5.02. The molecule has 1 rings (SSSR count). The summed E-state index contributed by atoms with van der Waals surface area (Å²) in [6.07, 6.45) is 2.45. The van der Waals surface area contributed by atoms with Gasteiger partial charge in [-0.1, -0.05) is 0 Å². The van der Waals surface area contributed by atoms with Crippen molar-refractivity contribution in [1.29, 1.82) is 0 Å². The zero-order valence-electron chi connectivity index (χ0n) is 9.18. The van der Waals surface area contributed by atoms with Crippen molar-refractivity contribution in [2.45, 2.75) is 19.3 Å². The largest absolute Gasteiger partial charge is 0.396 e. The summed E-state index contributed by atoms with van der Waals surface area (Å²) < 4.78 is 27.5. The molecule has 2 unspecified atom stereocenters. The van der Waals surface area contributed by atoms with Gasteiger partial charge in [0.25, 0.3) is 0 Å². The molecule has 0 aromatic rings. The summed E-state index contributed by atoms with van der Waals surface area (Å²) in [4.78, 5) is 0. The van der Waals surface area contributed by atoms with Crippen molar-refractivity contribution < 1.29 is 18.3 Å². The molecule has 0 radical (unpaired) electrons. The average Bonchev–Trinajstić information content (AvgIpc) is 2.54. The molecular formula is C10H20O4S. The standard InChI is InChI=1S/C10H20O4S/c1-14-5-2-3-9(7-11)10-4-6-15(12,13)8-10/h9-11H,2-8H2,1H3. The molecule has 0 aromatic carbocycles. The first-order chi connectivity index (χ1) is 7.09. The minimum absolute atomic E-state index is 0.0872. The van der Waals surface area contributed by atoms with Crippen LogP contribution >= 0.6 is 0 Å². The van der Waals surface area contributed by atoms with Gasteiger partial charge in [-0.25, -0.2) is 8.42 Å². The van der Waals surface area contributed by atoms with Gasteiger partial charge in [0.1, 0.15) is 0 Å². The fraction of sp³-hybridized carbons (Fsp3) is 1.00. The maximum absolute atomic E-state index is 11.3. The molecule has 2 atom stereocenters. The quantitative estimate of drug-likeness (QED) is 0.680. The van der Waals surface area contributed by atoms with E-state index in [1.54, 1.807) is 7.11 Å². The smallest absolute Gasteiger partial charge is 0.150 e. The maximum atomic E-state index is 11.3. The predicted octanol–water partition coefficient (Wildman–Crippen LogP) is 0.456. The Morgan fingerprint density at radius 2 is 2.27 bits per heavy atom. The molecule has 0 spiro atoms. The number of aliphatic hydroxyl groups excluding tert-OH is 1. The van der Waals surface area contributed by atoms with E-state index >= 15 is 0 Å². The maximum Gasteiger partial charge on any atom is 0.150 e. The number of hydrogen-bond donors (Lipinski definition) is 1. The monoisotopic (exact) mass is 236 g/mol. The topological polar surface area (TPSA) is 63.6 Å². The van der Waals surface area contributed by atoms with Crippen molar-refractivity contribution >= 4 is 9.84 Å². The first kappa shape index (κ1) is 12.9. The SMILES string of the molecule is COCCCC(CO)C1CCS(=O)(=O)C1. The highest BCUT2D eigenvalue weighted by atomic mass is 32.2. The van der Waals surface area contributed by atoms with Gasteiger partial charge in [0.2, 0.25) is 0 Å². The van der Waals surface area contributed by atoms with Gasteiger partial charge in [-0.15, -0.1) is 0 Å². The Bertz CT molecular complexity index is 273. The Morgan fingerprint density at radius 3 is 2.73 bits per heavy atom. The van der Waals surface area contributed by atoms with Gasteiger partial charge < -0.3 is 9.84 Å². The fourth-order valence-corrected chi connectivity index (χ4v) is 4.08. The van der Waals surface area contributed by atoms with Crippen LogP contribution in [0.2, 0.25) is 0 Å². The van der Waals surface area contributed by atoms with Crippen LogP contribution in [0, 0.1) is 11.8 Å². The lowest BCUT2D eigenvalue weighted by atomic mass is 9.89. The summed E-state index contributed by atoms with van der Waals surface area (Å²) in [5, 5.41) is 9.22. The van der Waals surface area contributed by atoms with Gasteiger partial charge in [0.05, 0.1) is 11.5 Å². The molecule has 0 aliphatic carbocycles. The molecule has 1 aliphatic heterocycles. The van der Waals surface area contributed by atoms with Crippen molar-refractivity contribution in [1.82, 2.24) is 0 Å². The van der Waals surface area contributed by atoms with Crippen molar-refractivity contribution in [3.8, 4) is 0 Å². The van der Waals surface area contributed by atoms with E-state index in [4.69, 9.17) is 4.74 Å². The summed E-state index contributed by atoms with van der Waals surface area (Å²) in [6, 6.07) is 0. The lowest BCUT2D eigenvalue weighted by Crippen LogP contribution is -2.20. The van der Waals surface area contributed by atoms with Crippen molar-refractivity contribution in [3.05, 3.63) is 0 Å². The van der Waals surface area contributed by atoms with Crippen LogP contribution in [0.15, 0.2) is 0 Å². The van der Waals surface area contributed by atoms with E-state index in [1.807, 2.05) is 0 Å². The molecule has 1 N–H and O–H groups in total. The number of ether oxygens (including phenoxy) is 1. The number of rotatable bonds is 6. The second kappa shape index (κ2) is 5.82. The van der Waals surface area contributed by atoms with Crippen LogP contribution in [0.5, 0.6) is 0 Å². The Morgan fingerprint density at radius 1 is 1.53 bits per heavy atom. The predicted molar refractivity (Wildman–Crippen MR) is 58.4 cm³/mol. The van der Waals surface area contributed by atoms with Crippen LogP contribution in [0.3, 0.4) is 0 Å². The van der Waals surface area contributed by atoms with Crippen LogP contribution in [0.1, 0.15) is 19.3 Å². The van der Waals surface area contributed by atoms with E-state index in [1.165, 1.54) is 0 Å². The summed E-state index contributed by atoms with van der Waals surface area (Å²) in [7, 11) is -1.18. The molecule has 0 aromatic heterocycles. The molecule has 1 heterocycles. The lowest BCUT2D eigenvalue weighted by Gasteiger charge is -2.19. The third kappa shape index (κ3) is 4.09. The van der Waals surface area contributed by atoms with E-state index in [0.717, 1.165) is 12.8 Å². The number of aliphatic hydroxyl groups is 1. The second-order valence-corrected chi connectivity index (χ2v) is 6.47. The highest BCUT2D eigenvalue weighted by Gasteiger charge is 2.32. The van der Waals surface area contributed by atoms with Gasteiger partial charge in [-0.2, -0.15) is 0 Å². The Labute approximate surface area is 91.6 Å². The Balaban J connectivity index is 2.39. The second-order valence-electron chi connectivity index (χ2n) is 4.24. The van der Waals surface area contributed by atoms with Crippen LogP contribution in [0.4, 0.5) is 0 Å². The third-order valence-corrected chi connectivity index (χ3v) is 4.89. The molecular weight excluding hydrogens is 216 g/mol. The van der Waals surface area contributed by atoms with Crippen molar-refractivity contribution in [2.75, 3.05) is 31.8 Å². The molecule has 1 aliphatic rings. The number of hydrogen-bond acceptors (Lipinski definition) is 4. The molecule has 0 amide bonds. The zero-order chi connectivity index (χ0) is 11.3. The normalized spacial score (nSPS) is 26.7. The first-order valence-corrected chi connectivity index (χ1v) is 7.21. The fourth-order valence-electron chi connectivity index (χ4n) is 2.16. The van der Waals surface area contributed by atoms with E-state index < -0.39 is 9.84 Å². The van der Waals surface area contributed by atoms with E-state index in [0.29, 0.717) is 18.8 Å². The van der Waals surface area contributed by atoms with Gasteiger partial charge in [-0.05, 0) is 31.1 Å². The first-order valence-electron chi connectivity index (χ1n) is 5.39. The molecule has 1 fully saturated rings. The third-order valence-electron chi connectivity index (χ3n) is 3.09. The molecule has 0 saturated carbocycles. The van der Waals surface area contributed by atoms with E-state index in [2.05, 4.69) is 0 Å². The van der Waals surface area contributed by atoms with Crippen molar-refractivity contribution in [2.24, 2.45) is 11.8 Å². The highest BCUT2D eigenvalue weighted by Crippen LogP contribution is 2.28. The summed E-state index contributed by atoms with van der Waals surface area (Å²) in [5.41, 5.74) is 0. The van der Waals surface area contributed by atoms with Crippen molar-refractivity contribution in [3.63, 3.8) is 0 Å². The Hall–Kier alpha value is -0.130. The minimum atomic E-state index is -2.82. The molecule has 4 nitrogen and oxygen atoms in total. The van der Waals surface area contributed by atoms with Gasteiger partial charge in [0.15, 0.2) is 9.84 Å². The summed E-state index contributed by atoms with van der Waals surface area (Å²) in [5.74, 6) is 0.818. The summed E-state index contributed by atoms with van der Waals surface area (Å²) >= 11 is 0. The van der Waals surface area contributed by atoms with E-state index in [9.17, 15) is 13.5 Å². The number of sulfone groups is 1. The van der Waals surface area contributed by atoms with Crippen LogP contribution in [-0.4, -0.2) is 45.4 Å².